The van der Waals surface area contributed by atoms with E-state index in [1.54, 1.807) is 33.3 Å². The van der Waals surface area contributed by atoms with Crippen LogP contribution in [0.2, 0.25) is 0 Å². The lowest BCUT2D eigenvalue weighted by atomic mass is 9.70. The summed E-state index contributed by atoms with van der Waals surface area (Å²) in [5.74, 6) is -1.15. The Morgan fingerprint density at radius 1 is 1.08 bits per heavy atom. The molecule has 1 aromatic heterocycles. The van der Waals surface area contributed by atoms with E-state index in [4.69, 9.17) is 14.2 Å². The molecular weight excluding hydrogens is 492 g/mol. The number of rotatable bonds is 11. The van der Waals surface area contributed by atoms with Crippen LogP contribution in [0.25, 0.3) is 10.9 Å². The van der Waals surface area contributed by atoms with E-state index in [0.717, 1.165) is 38.5 Å². The van der Waals surface area contributed by atoms with Crippen LogP contribution in [0, 0.1) is 12.3 Å². The molecule has 0 saturated heterocycles. The minimum absolute atomic E-state index is 0.00427. The van der Waals surface area contributed by atoms with Crippen LogP contribution in [0.1, 0.15) is 63.0 Å². The monoisotopic (exact) mass is 529 g/mol. The van der Waals surface area contributed by atoms with Crippen molar-refractivity contribution in [3.63, 3.8) is 0 Å². The molecule has 2 aromatic carbocycles. The minimum atomic E-state index is -3.41. The predicted molar refractivity (Wildman–Crippen MR) is 143 cm³/mol. The van der Waals surface area contributed by atoms with Gasteiger partial charge in [-0.3, -0.25) is 0 Å². The third-order valence-corrected chi connectivity index (χ3v) is 7.36. The fraction of sp³-hybridized carbons (Fsp3) is 0.517. The second-order valence-corrected chi connectivity index (χ2v) is 10.8. The Morgan fingerprint density at radius 2 is 1.82 bits per heavy atom. The van der Waals surface area contributed by atoms with Crippen molar-refractivity contribution in [1.82, 2.24) is 9.97 Å². The molecule has 7 nitrogen and oxygen atoms in total. The number of aromatic nitrogens is 2. The van der Waals surface area contributed by atoms with Crippen molar-refractivity contribution in [2.45, 2.75) is 64.5 Å². The molecule has 1 fully saturated rings. The van der Waals surface area contributed by atoms with Gasteiger partial charge in [0, 0.05) is 35.6 Å². The number of aliphatic hydroxyl groups is 1. The summed E-state index contributed by atoms with van der Waals surface area (Å²) in [4.78, 5) is 9.18. The van der Waals surface area contributed by atoms with Gasteiger partial charge < -0.3 is 24.6 Å². The zero-order valence-electron chi connectivity index (χ0n) is 22.9. The molecule has 0 amide bonds. The smallest absolute Gasteiger partial charge is 0.300 e. The van der Waals surface area contributed by atoms with E-state index in [2.05, 4.69) is 15.3 Å². The number of halogens is 2. The molecule has 0 radical (unpaired) electrons. The standard InChI is InChI=1S/C29H37F2N3O4/c1-18(20-9-7-10-21(13-20)29(30,31)27(3,4)35)32-26-22-14-25(38-17-28(16-36-5)11-8-12-28)24(37-6)15-23(22)33-19(2)34-26/h7,9-10,13-15,18,35H,8,11-12,16-17H2,1-6H3,(H,32,33,34)/t18-/m1/s1. The predicted octanol–water partition coefficient (Wildman–Crippen LogP) is 6.18. The lowest BCUT2D eigenvalue weighted by Crippen LogP contribution is -2.40. The first kappa shape index (κ1) is 28.0. The zero-order chi connectivity index (χ0) is 27.7. The molecule has 1 heterocycles. The van der Waals surface area contributed by atoms with Crippen LogP contribution in [0.4, 0.5) is 14.6 Å². The lowest BCUT2D eigenvalue weighted by Gasteiger charge is -2.40. The second-order valence-electron chi connectivity index (χ2n) is 10.8. The largest absolute Gasteiger partial charge is 0.493 e. The molecule has 206 valence electrons. The Hall–Kier alpha value is -3.04. The first-order valence-corrected chi connectivity index (χ1v) is 12.8. The maximum Gasteiger partial charge on any atom is 0.300 e. The van der Waals surface area contributed by atoms with Crippen molar-refractivity contribution in [1.29, 1.82) is 0 Å². The lowest BCUT2D eigenvalue weighted by molar-refractivity contribution is -0.168. The summed E-state index contributed by atoms with van der Waals surface area (Å²) < 4.78 is 46.9. The van der Waals surface area contributed by atoms with Crippen LogP contribution in [0.5, 0.6) is 11.5 Å². The van der Waals surface area contributed by atoms with Gasteiger partial charge in [0.05, 0.1) is 25.8 Å². The Morgan fingerprint density at radius 3 is 2.42 bits per heavy atom. The van der Waals surface area contributed by atoms with Crippen LogP contribution >= 0.6 is 0 Å². The molecule has 0 bridgehead atoms. The Balaban J connectivity index is 1.65. The number of aryl methyl sites for hydroxylation is 1. The summed E-state index contributed by atoms with van der Waals surface area (Å²) in [6.45, 7) is 7.02. The zero-order valence-corrected chi connectivity index (χ0v) is 22.9. The SMILES string of the molecule is COCC1(COc2cc3c(N[C@H](C)c4cccc(C(F)(F)C(C)(C)O)c4)nc(C)nc3cc2OC)CCC1. The molecule has 3 aromatic rings. The number of benzene rings is 2. The Kier molecular flexibility index (Phi) is 7.81. The van der Waals surface area contributed by atoms with Crippen LogP contribution < -0.4 is 14.8 Å². The fourth-order valence-corrected chi connectivity index (χ4v) is 4.82. The maximum absolute atomic E-state index is 14.8. The van der Waals surface area contributed by atoms with Crippen molar-refractivity contribution in [2.75, 3.05) is 32.8 Å². The van der Waals surface area contributed by atoms with Crippen LogP contribution in [0.15, 0.2) is 36.4 Å². The van der Waals surface area contributed by atoms with E-state index in [-0.39, 0.29) is 17.0 Å². The fourth-order valence-electron chi connectivity index (χ4n) is 4.82. The quantitative estimate of drug-likeness (QED) is 0.307. The van der Waals surface area contributed by atoms with Gasteiger partial charge in [-0.1, -0.05) is 24.6 Å². The van der Waals surface area contributed by atoms with E-state index in [1.807, 2.05) is 19.1 Å². The Bertz CT molecular complexity index is 1290. The molecular formula is C29H37F2N3O4. The van der Waals surface area contributed by atoms with Gasteiger partial charge in [0.1, 0.15) is 17.2 Å². The molecule has 2 N–H and O–H groups in total. The normalized spacial score (nSPS) is 16.1. The van der Waals surface area contributed by atoms with Gasteiger partial charge in [-0.25, -0.2) is 9.97 Å². The first-order chi connectivity index (χ1) is 17.9. The van der Waals surface area contributed by atoms with E-state index < -0.39 is 11.5 Å². The summed E-state index contributed by atoms with van der Waals surface area (Å²) in [6, 6.07) is 9.40. The van der Waals surface area contributed by atoms with Crippen LogP contribution in [-0.2, 0) is 10.7 Å². The second kappa shape index (κ2) is 10.6. The summed E-state index contributed by atoms with van der Waals surface area (Å²) in [6.07, 6.45) is 3.26. The van der Waals surface area contributed by atoms with Crippen molar-refractivity contribution in [3.05, 3.63) is 53.3 Å². The van der Waals surface area contributed by atoms with Crippen molar-refractivity contribution >= 4 is 16.7 Å². The Labute approximate surface area is 222 Å². The summed E-state index contributed by atoms with van der Waals surface area (Å²) in [5.41, 5.74) is -1.13. The molecule has 0 spiro atoms. The molecule has 1 atom stereocenters. The van der Waals surface area contributed by atoms with Gasteiger partial charge in [-0.15, -0.1) is 0 Å². The van der Waals surface area contributed by atoms with Crippen LogP contribution in [-0.4, -0.2) is 48.1 Å². The molecule has 4 rings (SSSR count). The highest BCUT2D eigenvalue weighted by molar-refractivity contribution is 5.92. The third kappa shape index (κ3) is 5.54. The summed E-state index contributed by atoms with van der Waals surface area (Å²) in [5, 5.41) is 14.1. The van der Waals surface area contributed by atoms with Crippen molar-refractivity contribution in [3.8, 4) is 11.5 Å². The molecule has 38 heavy (non-hydrogen) atoms. The number of hydrogen-bond acceptors (Lipinski definition) is 7. The highest BCUT2D eigenvalue weighted by atomic mass is 19.3. The number of alkyl halides is 2. The van der Waals surface area contributed by atoms with Gasteiger partial charge >= 0.3 is 5.92 Å². The number of nitrogens with zero attached hydrogens (tertiary/aromatic N) is 2. The minimum Gasteiger partial charge on any atom is -0.493 e. The molecule has 9 heteroatoms. The molecule has 0 unspecified atom stereocenters. The van der Waals surface area contributed by atoms with Gasteiger partial charge in [0.25, 0.3) is 0 Å². The first-order valence-electron chi connectivity index (χ1n) is 12.8. The van der Waals surface area contributed by atoms with E-state index >= 15 is 0 Å². The average Bonchev–Trinajstić information content (AvgIpc) is 2.84. The molecule has 0 aliphatic heterocycles. The number of fused-ring (bicyclic) bond motifs is 1. The third-order valence-electron chi connectivity index (χ3n) is 7.36. The van der Waals surface area contributed by atoms with Gasteiger partial charge in [-0.2, -0.15) is 8.78 Å². The number of hydrogen-bond donors (Lipinski definition) is 2. The summed E-state index contributed by atoms with van der Waals surface area (Å²) in [7, 11) is 3.30. The highest BCUT2D eigenvalue weighted by Crippen LogP contribution is 2.43. The molecule has 1 aliphatic rings. The number of nitrogens with one attached hydrogen (secondary N) is 1. The van der Waals surface area contributed by atoms with Gasteiger partial charge in [0.15, 0.2) is 11.5 Å². The maximum atomic E-state index is 14.8. The van der Waals surface area contributed by atoms with E-state index in [9.17, 15) is 13.9 Å². The number of ether oxygens (including phenoxy) is 3. The van der Waals surface area contributed by atoms with Crippen molar-refractivity contribution < 1.29 is 28.1 Å². The van der Waals surface area contributed by atoms with Crippen LogP contribution in [0.3, 0.4) is 0 Å². The number of anilines is 1. The van der Waals surface area contributed by atoms with E-state index in [1.165, 1.54) is 12.1 Å². The highest BCUT2D eigenvalue weighted by Gasteiger charge is 2.47. The summed E-state index contributed by atoms with van der Waals surface area (Å²) >= 11 is 0. The van der Waals surface area contributed by atoms with E-state index in [0.29, 0.717) is 47.4 Å². The average molecular weight is 530 g/mol. The van der Waals surface area contributed by atoms with Crippen molar-refractivity contribution in [2.24, 2.45) is 5.41 Å². The molecule has 1 aliphatic carbocycles. The number of methoxy groups -OCH3 is 2. The topological polar surface area (TPSA) is 85.7 Å². The van der Waals surface area contributed by atoms with Gasteiger partial charge in [0.2, 0.25) is 0 Å². The van der Waals surface area contributed by atoms with Gasteiger partial charge in [-0.05, 0) is 58.2 Å². The molecule has 1 saturated carbocycles.